The lowest BCUT2D eigenvalue weighted by atomic mass is 9.79. The average Bonchev–Trinajstić information content (AvgIpc) is 2.83. The molecule has 0 bridgehead atoms. The number of halogens is 1. The number of primary amides is 1. The van der Waals surface area contributed by atoms with Crippen LogP contribution in [0.2, 0.25) is 0 Å². The lowest BCUT2D eigenvalue weighted by Crippen LogP contribution is -2.49. The summed E-state index contributed by atoms with van der Waals surface area (Å²) in [4.78, 5) is 23.7. The quantitative estimate of drug-likeness (QED) is 0.867. The topological polar surface area (TPSA) is 81.4 Å². The van der Waals surface area contributed by atoms with Crippen molar-refractivity contribution in [1.29, 1.82) is 0 Å². The standard InChI is InChI=1S/C12H15BrN2O3S/c13-9-6-19-5-8(9)10(16)15-7-12(11(14)17)1-3-18-4-2-12/h5-6H,1-4,7H2,(H2,14,17)(H,15,16). The van der Waals surface area contributed by atoms with Crippen molar-refractivity contribution in [2.24, 2.45) is 11.1 Å². The van der Waals surface area contributed by atoms with E-state index >= 15 is 0 Å². The lowest BCUT2D eigenvalue weighted by Gasteiger charge is -2.34. The van der Waals surface area contributed by atoms with Gasteiger partial charge in [-0.15, -0.1) is 0 Å². The Morgan fingerprint density at radius 3 is 2.63 bits per heavy atom. The predicted molar refractivity (Wildman–Crippen MR) is 76.0 cm³/mol. The fraction of sp³-hybridized carbons (Fsp3) is 0.500. The van der Waals surface area contributed by atoms with Crippen LogP contribution in [-0.4, -0.2) is 31.6 Å². The summed E-state index contributed by atoms with van der Waals surface area (Å²) in [5.41, 5.74) is 5.38. The Balaban J connectivity index is 2.02. The summed E-state index contributed by atoms with van der Waals surface area (Å²) < 4.78 is 6.01. The third-order valence-electron chi connectivity index (χ3n) is 3.42. The molecule has 19 heavy (non-hydrogen) atoms. The second-order valence-corrected chi connectivity index (χ2v) is 6.17. The summed E-state index contributed by atoms with van der Waals surface area (Å²) in [7, 11) is 0. The SMILES string of the molecule is NC(=O)C1(CNC(=O)c2cscc2Br)CCOCC1. The van der Waals surface area contributed by atoms with Crippen molar-refractivity contribution in [3.63, 3.8) is 0 Å². The summed E-state index contributed by atoms with van der Waals surface area (Å²) in [6.45, 7) is 1.26. The third kappa shape index (κ3) is 3.16. The molecule has 0 atom stereocenters. The number of amides is 2. The van der Waals surface area contributed by atoms with E-state index in [9.17, 15) is 9.59 Å². The summed E-state index contributed by atoms with van der Waals surface area (Å²) in [6, 6.07) is 0. The molecule has 2 heterocycles. The monoisotopic (exact) mass is 346 g/mol. The van der Waals surface area contributed by atoms with E-state index < -0.39 is 5.41 Å². The third-order valence-corrected chi connectivity index (χ3v) is 5.12. The molecule has 0 radical (unpaired) electrons. The normalized spacial score (nSPS) is 17.9. The van der Waals surface area contributed by atoms with E-state index in [1.165, 1.54) is 11.3 Å². The molecule has 2 amide bonds. The Kier molecular flexibility index (Phi) is 4.59. The van der Waals surface area contributed by atoms with E-state index in [0.29, 0.717) is 31.6 Å². The van der Waals surface area contributed by atoms with Gasteiger partial charge in [0.1, 0.15) is 0 Å². The number of nitrogens with two attached hydrogens (primary N) is 1. The van der Waals surface area contributed by atoms with Gasteiger partial charge < -0.3 is 15.8 Å². The lowest BCUT2D eigenvalue weighted by molar-refractivity contribution is -0.132. The Morgan fingerprint density at radius 2 is 2.11 bits per heavy atom. The van der Waals surface area contributed by atoms with Gasteiger partial charge in [-0.05, 0) is 28.8 Å². The van der Waals surface area contributed by atoms with Crippen molar-refractivity contribution >= 4 is 39.1 Å². The number of nitrogens with one attached hydrogen (secondary N) is 1. The van der Waals surface area contributed by atoms with Gasteiger partial charge in [-0.25, -0.2) is 0 Å². The van der Waals surface area contributed by atoms with Crippen molar-refractivity contribution < 1.29 is 14.3 Å². The van der Waals surface area contributed by atoms with Crippen LogP contribution in [0.5, 0.6) is 0 Å². The van der Waals surface area contributed by atoms with Gasteiger partial charge in [-0.3, -0.25) is 9.59 Å². The van der Waals surface area contributed by atoms with Crippen molar-refractivity contribution in [2.45, 2.75) is 12.8 Å². The molecule has 0 aliphatic carbocycles. The minimum Gasteiger partial charge on any atom is -0.381 e. The number of ether oxygens (including phenoxy) is 1. The first-order valence-corrected chi connectivity index (χ1v) is 7.66. The molecule has 0 spiro atoms. The molecule has 1 aromatic rings. The van der Waals surface area contributed by atoms with Gasteiger partial charge in [0, 0.05) is 35.0 Å². The van der Waals surface area contributed by atoms with E-state index in [1.807, 2.05) is 5.38 Å². The van der Waals surface area contributed by atoms with Crippen LogP contribution in [0.1, 0.15) is 23.2 Å². The second kappa shape index (κ2) is 6.02. The van der Waals surface area contributed by atoms with E-state index in [2.05, 4.69) is 21.2 Å². The van der Waals surface area contributed by atoms with E-state index in [-0.39, 0.29) is 18.4 Å². The zero-order valence-corrected chi connectivity index (χ0v) is 12.7. The maximum absolute atomic E-state index is 12.0. The highest BCUT2D eigenvalue weighted by Crippen LogP contribution is 2.29. The van der Waals surface area contributed by atoms with Crippen LogP contribution in [0.15, 0.2) is 15.2 Å². The Bertz CT molecular complexity index is 483. The molecular formula is C12H15BrN2O3S. The van der Waals surface area contributed by atoms with E-state index in [1.54, 1.807) is 5.38 Å². The molecule has 0 aromatic carbocycles. The minimum absolute atomic E-state index is 0.194. The zero-order chi connectivity index (χ0) is 13.9. The number of hydrogen-bond acceptors (Lipinski definition) is 4. The highest BCUT2D eigenvalue weighted by molar-refractivity contribution is 9.10. The smallest absolute Gasteiger partial charge is 0.253 e. The largest absolute Gasteiger partial charge is 0.381 e. The van der Waals surface area contributed by atoms with E-state index in [4.69, 9.17) is 10.5 Å². The number of rotatable bonds is 4. The Labute approximate surface area is 123 Å². The van der Waals surface area contributed by atoms with Gasteiger partial charge in [0.2, 0.25) is 5.91 Å². The van der Waals surface area contributed by atoms with Gasteiger partial charge in [-0.1, -0.05) is 0 Å². The van der Waals surface area contributed by atoms with Crippen molar-refractivity contribution in [1.82, 2.24) is 5.32 Å². The molecule has 2 rings (SSSR count). The molecule has 7 heteroatoms. The maximum atomic E-state index is 12.0. The predicted octanol–water partition coefficient (Wildman–Crippen LogP) is 1.52. The summed E-state index contributed by atoms with van der Waals surface area (Å²) in [5.74, 6) is -0.569. The number of carbonyl (C=O) groups excluding carboxylic acids is 2. The summed E-state index contributed by atoms with van der Waals surface area (Å²) >= 11 is 4.76. The molecule has 0 saturated carbocycles. The second-order valence-electron chi connectivity index (χ2n) is 4.57. The first-order valence-electron chi connectivity index (χ1n) is 5.93. The summed E-state index contributed by atoms with van der Waals surface area (Å²) in [5, 5.41) is 6.40. The molecule has 1 saturated heterocycles. The molecule has 3 N–H and O–H groups in total. The van der Waals surface area contributed by atoms with Crippen LogP contribution >= 0.6 is 27.3 Å². The van der Waals surface area contributed by atoms with Crippen LogP contribution in [0.25, 0.3) is 0 Å². The van der Waals surface area contributed by atoms with Crippen LogP contribution in [0.3, 0.4) is 0 Å². The highest BCUT2D eigenvalue weighted by Gasteiger charge is 2.38. The zero-order valence-electron chi connectivity index (χ0n) is 10.3. The number of carbonyl (C=O) groups is 2. The van der Waals surface area contributed by atoms with E-state index in [0.717, 1.165) is 4.47 Å². The first kappa shape index (κ1) is 14.5. The maximum Gasteiger partial charge on any atom is 0.253 e. The average molecular weight is 347 g/mol. The van der Waals surface area contributed by atoms with Crippen LogP contribution in [0, 0.1) is 5.41 Å². The molecule has 1 fully saturated rings. The molecule has 104 valence electrons. The molecule has 1 aliphatic heterocycles. The van der Waals surface area contributed by atoms with Crippen LogP contribution in [-0.2, 0) is 9.53 Å². The van der Waals surface area contributed by atoms with Gasteiger partial charge in [-0.2, -0.15) is 11.3 Å². The summed E-state index contributed by atoms with van der Waals surface area (Å²) in [6.07, 6.45) is 1.10. The van der Waals surface area contributed by atoms with Gasteiger partial charge >= 0.3 is 0 Å². The molecular weight excluding hydrogens is 332 g/mol. The highest BCUT2D eigenvalue weighted by atomic mass is 79.9. The fourth-order valence-corrected chi connectivity index (χ4v) is 3.52. The Morgan fingerprint density at radius 1 is 1.42 bits per heavy atom. The van der Waals surface area contributed by atoms with Crippen molar-refractivity contribution in [3.8, 4) is 0 Å². The van der Waals surface area contributed by atoms with Gasteiger partial charge in [0.05, 0.1) is 11.0 Å². The molecule has 0 unspecified atom stereocenters. The van der Waals surface area contributed by atoms with Crippen LogP contribution in [0.4, 0.5) is 0 Å². The first-order chi connectivity index (χ1) is 9.05. The van der Waals surface area contributed by atoms with Crippen LogP contribution < -0.4 is 11.1 Å². The van der Waals surface area contributed by atoms with Gasteiger partial charge in [0.15, 0.2) is 0 Å². The Hall–Kier alpha value is -0.920. The number of thiophene rings is 1. The molecule has 1 aliphatic rings. The molecule has 5 nitrogen and oxygen atoms in total. The minimum atomic E-state index is -0.684. The van der Waals surface area contributed by atoms with Gasteiger partial charge in [0.25, 0.3) is 5.91 Å². The van der Waals surface area contributed by atoms with Crippen molar-refractivity contribution in [2.75, 3.05) is 19.8 Å². The number of hydrogen-bond donors (Lipinski definition) is 2. The molecule has 1 aromatic heterocycles. The fourth-order valence-electron chi connectivity index (χ4n) is 2.06. The van der Waals surface area contributed by atoms with Crippen molar-refractivity contribution in [3.05, 3.63) is 20.8 Å².